The van der Waals surface area contributed by atoms with E-state index < -0.39 is 38.7 Å². The maximum atomic E-state index is 12.8. The van der Waals surface area contributed by atoms with Crippen LogP contribution in [0.1, 0.15) is 18.4 Å². The molecule has 1 unspecified atom stereocenters. The number of nitrogens with zero attached hydrogens (tertiary/aromatic N) is 1. The van der Waals surface area contributed by atoms with Crippen molar-refractivity contribution in [3.63, 3.8) is 0 Å². The molecule has 0 radical (unpaired) electrons. The van der Waals surface area contributed by atoms with Gasteiger partial charge in [-0.1, -0.05) is 42.5 Å². The van der Waals surface area contributed by atoms with Crippen molar-refractivity contribution in [3.05, 3.63) is 60.2 Å². The zero-order valence-electron chi connectivity index (χ0n) is 16.3. The van der Waals surface area contributed by atoms with Crippen LogP contribution in [0.25, 0.3) is 0 Å². The van der Waals surface area contributed by atoms with Gasteiger partial charge in [0.25, 0.3) is 10.2 Å². The minimum atomic E-state index is -4.91. The van der Waals surface area contributed by atoms with Crippen molar-refractivity contribution in [1.29, 1.82) is 0 Å². The first kappa shape index (κ1) is 23.7. The Morgan fingerprint density at radius 1 is 1.06 bits per heavy atom. The van der Waals surface area contributed by atoms with Crippen LogP contribution in [0.3, 0.4) is 0 Å². The predicted molar refractivity (Wildman–Crippen MR) is 110 cm³/mol. The van der Waals surface area contributed by atoms with Gasteiger partial charge in [-0.25, -0.2) is 14.1 Å². The van der Waals surface area contributed by atoms with Crippen LogP contribution in [-0.4, -0.2) is 42.9 Å². The van der Waals surface area contributed by atoms with Crippen LogP contribution in [-0.2, 0) is 26.6 Å². The summed E-state index contributed by atoms with van der Waals surface area (Å²) in [7, 11) is -5.81. The van der Waals surface area contributed by atoms with Crippen molar-refractivity contribution in [2.45, 2.75) is 29.5 Å². The van der Waals surface area contributed by atoms with E-state index in [4.69, 9.17) is 5.14 Å². The fraction of sp³-hybridized carbons (Fsp3) is 0.368. The lowest BCUT2D eigenvalue weighted by atomic mass is 9.73. The molecule has 2 aromatic rings. The van der Waals surface area contributed by atoms with Crippen molar-refractivity contribution < 1.29 is 30.5 Å². The number of alkyl halides is 3. The van der Waals surface area contributed by atoms with E-state index in [2.05, 4.69) is 9.46 Å². The summed E-state index contributed by atoms with van der Waals surface area (Å²) < 4.78 is 82.1. The zero-order chi connectivity index (χ0) is 22.7. The Morgan fingerprint density at radius 3 is 2.23 bits per heavy atom. The zero-order valence-corrected chi connectivity index (χ0v) is 18.0. The maximum Gasteiger partial charge on any atom is 0.573 e. The largest absolute Gasteiger partial charge is 0.573 e. The van der Waals surface area contributed by atoms with E-state index >= 15 is 0 Å². The lowest BCUT2D eigenvalue weighted by molar-refractivity contribution is -0.275. The summed E-state index contributed by atoms with van der Waals surface area (Å²) in [5.41, 5.74) is 0.339. The lowest BCUT2D eigenvalue weighted by Gasteiger charge is -2.41. The number of halogens is 3. The Morgan fingerprint density at radius 2 is 1.65 bits per heavy atom. The molecule has 1 saturated heterocycles. The Kier molecular flexibility index (Phi) is 7.06. The van der Waals surface area contributed by atoms with Crippen LogP contribution in [0.5, 0.6) is 5.75 Å². The summed E-state index contributed by atoms with van der Waals surface area (Å²) in [6.07, 6.45) is -4.11. The van der Waals surface area contributed by atoms with Crippen LogP contribution in [0.15, 0.2) is 59.5 Å². The third-order valence-corrected chi connectivity index (χ3v) is 7.47. The van der Waals surface area contributed by atoms with E-state index in [0.29, 0.717) is 12.8 Å². The van der Waals surface area contributed by atoms with Gasteiger partial charge in [0.05, 0.1) is 4.90 Å². The molecule has 12 heteroatoms. The van der Waals surface area contributed by atoms with Crippen molar-refractivity contribution in [1.82, 2.24) is 9.03 Å². The van der Waals surface area contributed by atoms with Gasteiger partial charge in [0.1, 0.15) is 16.7 Å². The summed E-state index contributed by atoms with van der Waals surface area (Å²) in [5.74, 6) is -0.543. The monoisotopic (exact) mass is 477 g/mol. The van der Waals surface area contributed by atoms with Crippen LogP contribution in [0, 0.1) is 0 Å². The molecule has 1 atom stereocenters. The summed E-state index contributed by atoms with van der Waals surface area (Å²) in [5, 5.41) is 5.23. The van der Waals surface area contributed by atoms with Crippen LogP contribution in [0.4, 0.5) is 13.2 Å². The molecular formula is C19H22F3N3O4S2. The van der Waals surface area contributed by atoms with Gasteiger partial charge in [-0.05, 0) is 30.5 Å². The molecule has 0 aliphatic carbocycles. The molecule has 1 aliphatic rings. The average Bonchev–Trinajstić information content (AvgIpc) is 2.71. The fourth-order valence-corrected chi connectivity index (χ4v) is 5.37. The summed E-state index contributed by atoms with van der Waals surface area (Å²) >= 11 is 0. The van der Waals surface area contributed by atoms with E-state index in [9.17, 15) is 25.8 Å². The first-order chi connectivity index (χ1) is 14.5. The number of ether oxygens (including phenoxy) is 1. The molecule has 0 aromatic heterocycles. The number of piperidine rings is 1. The van der Waals surface area contributed by atoms with Gasteiger partial charge in [0.2, 0.25) is 0 Å². The Hall–Kier alpha value is -1.99. The second-order valence-corrected chi connectivity index (χ2v) is 9.99. The quantitative estimate of drug-likeness (QED) is 0.640. The number of nitrogens with one attached hydrogen (secondary N) is 1. The molecule has 3 rings (SSSR count). The van der Waals surface area contributed by atoms with Crippen molar-refractivity contribution in [2.24, 2.45) is 5.14 Å². The number of para-hydroxylation sites is 1. The van der Waals surface area contributed by atoms with Gasteiger partial charge >= 0.3 is 6.36 Å². The fourth-order valence-electron chi connectivity index (χ4n) is 3.62. The molecule has 2 aromatic carbocycles. The van der Waals surface area contributed by atoms with Crippen LogP contribution < -0.4 is 14.6 Å². The maximum absolute atomic E-state index is 12.8. The second kappa shape index (κ2) is 9.25. The van der Waals surface area contributed by atoms with Crippen LogP contribution in [0.2, 0.25) is 0 Å². The summed E-state index contributed by atoms with van der Waals surface area (Å²) in [6.45, 7) is 0.508. The standard InChI is InChI=1S/C19H22F3N3O4S2/c20-19(21,22)29-16-8-4-5-9-17(16)30(26)24-14-18(15-6-2-1-3-7-15)10-12-25(13-11-18)31(23,27)28/h1-9,24H,10-14H2,(H2,23,27,28). The van der Waals surface area contributed by atoms with Gasteiger partial charge in [-0.2, -0.15) is 12.7 Å². The highest BCUT2D eigenvalue weighted by molar-refractivity contribution is 7.86. The highest BCUT2D eigenvalue weighted by Gasteiger charge is 2.39. The Balaban J connectivity index is 1.81. The molecule has 1 fully saturated rings. The van der Waals surface area contributed by atoms with Crippen molar-refractivity contribution in [3.8, 4) is 5.75 Å². The van der Waals surface area contributed by atoms with E-state index in [1.165, 1.54) is 22.5 Å². The third kappa shape index (κ3) is 6.04. The Labute approximate surface area is 181 Å². The molecule has 1 aliphatic heterocycles. The Bertz CT molecular complexity index is 1030. The van der Waals surface area contributed by atoms with Crippen molar-refractivity contribution >= 4 is 21.2 Å². The first-order valence-electron chi connectivity index (χ1n) is 9.34. The second-order valence-electron chi connectivity index (χ2n) is 7.17. The minimum absolute atomic E-state index is 0.134. The SMILES string of the molecule is NS(=O)(=O)N1CCC(CNS(=O)c2ccccc2OC(F)(F)F)(c2ccccc2)CC1. The van der Waals surface area contributed by atoms with Gasteiger partial charge in [-0.15, -0.1) is 13.2 Å². The molecule has 170 valence electrons. The first-order valence-corrected chi connectivity index (χ1v) is 12.0. The van der Waals surface area contributed by atoms with Crippen molar-refractivity contribution in [2.75, 3.05) is 19.6 Å². The van der Waals surface area contributed by atoms with Gasteiger partial charge < -0.3 is 4.74 Å². The van der Waals surface area contributed by atoms with E-state index in [-0.39, 0.29) is 24.5 Å². The number of nitrogens with two attached hydrogens (primary N) is 1. The number of hydrogen-bond donors (Lipinski definition) is 2. The topological polar surface area (TPSA) is 102 Å². The number of hydrogen-bond acceptors (Lipinski definition) is 4. The third-order valence-electron chi connectivity index (χ3n) is 5.24. The van der Waals surface area contributed by atoms with Gasteiger partial charge in [0.15, 0.2) is 0 Å². The molecular weight excluding hydrogens is 455 g/mol. The molecule has 0 saturated carbocycles. The summed E-state index contributed by atoms with van der Waals surface area (Å²) in [4.78, 5) is -0.134. The van der Waals surface area contributed by atoms with Gasteiger partial charge in [0, 0.05) is 25.0 Å². The molecule has 3 N–H and O–H groups in total. The molecule has 7 nitrogen and oxygen atoms in total. The smallest absolute Gasteiger partial charge is 0.404 e. The van der Waals surface area contributed by atoms with E-state index in [1.54, 1.807) is 0 Å². The minimum Gasteiger partial charge on any atom is -0.404 e. The summed E-state index contributed by atoms with van der Waals surface area (Å²) in [6, 6.07) is 14.5. The normalized spacial score (nSPS) is 18.5. The molecule has 0 bridgehead atoms. The number of rotatable bonds is 7. The average molecular weight is 478 g/mol. The lowest BCUT2D eigenvalue weighted by Crippen LogP contribution is -2.51. The highest BCUT2D eigenvalue weighted by atomic mass is 32.2. The molecule has 31 heavy (non-hydrogen) atoms. The molecule has 1 heterocycles. The molecule has 0 spiro atoms. The van der Waals surface area contributed by atoms with Crippen LogP contribution >= 0.6 is 0 Å². The van der Waals surface area contributed by atoms with E-state index in [1.807, 2.05) is 30.3 Å². The molecule has 0 amide bonds. The van der Waals surface area contributed by atoms with Gasteiger partial charge in [-0.3, -0.25) is 0 Å². The predicted octanol–water partition coefficient (Wildman–Crippen LogP) is 2.43. The van der Waals surface area contributed by atoms with E-state index in [0.717, 1.165) is 11.6 Å². The highest BCUT2D eigenvalue weighted by Crippen LogP contribution is 2.36. The number of benzene rings is 2.